The van der Waals surface area contributed by atoms with E-state index in [4.69, 9.17) is 0 Å². The molecule has 1 aliphatic heterocycles. The van der Waals surface area contributed by atoms with Crippen LogP contribution in [-0.2, 0) is 0 Å². The highest BCUT2D eigenvalue weighted by molar-refractivity contribution is 8.18. The maximum absolute atomic E-state index is 4.15. The van der Waals surface area contributed by atoms with Gasteiger partial charge in [-0.05, 0) is 24.8 Å². The highest BCUT2D eigenvalue weighted by Gasteiger charge is 2.12. The number of hydrogen-bond acceptors (Lipinski definition) is 2. The lowest BCUT2D eigenvalue weighted by Gasteiger charge is -1.93. The molecular formula is C11H17NS. The normalized spacial score (nSPS) is 21.1. The topological polar surface area (TPSA) is 12.4 Å². The molecule has 72 valence electrons. The third kappa shape index (κ3) is 3.64. The van der Waals surface area contributed by atoms with Gasteiger partial charge in [0.25, 0.3) is 0 Å². The maximum atomic E-state index is 4.15. The van der Waals surface area contributed by atoms with Crippen LogP contribution in [0.2, 0.25) is 0 Å². The molecule has 0 aliphatic carbocycles. The predicted molar refractivity (Wildman–Crippen MR) is 64.1 cm³/mol. The van der Waals surface area contributed by atoms with Crippen LogP contribution in [-0.4, -0.2) is 5.04 Å². The lowest BCUT2D eigenvalue weighted by atomic mass is 10.2. The molecule has 0 aromatic carbocycles. The molecule has 1 heterocycles. The van der Waals surface area contributed by atoms with E-state index in [2.05, 4.69) is 30.6 Å². The van der Waals surface area contributed by atoms with Crippen molar-refractivity contribution in [2.45, 2.75) is 27.7 Å². The van der Waals surface area contributed by atoms with Crippen molar-refractivity contribution >= 4 is 16.8 Å². The van der Waals surface area contributed by atoms with Crippen molar-refractivity contribution in [3.8, 4) is 0 Å². The summed E-state index contributed by atoms with van der Waals surface area (Å²) in [5, 5.41) is 1.06. The Morgan fingerprint density at radius 2 is 2.08 bits per heavy atom. The summed E-state index contributed by atoms with van der Waals surface area (Å²) in [5.41, 5.74) is 1.20. The molecule has 0 spiro atoms. The van der Waals surface area contributed by atoms with Crippen LogP contribution in [0.3, 0.4) is 0 Å². The van der Waals surface area contributed by atoms with E-state index in [0.29, 0.717) is 0 Å². The average Bonchev–Trinajstić information content (AvgIpc) is 2.50. The van der Waals surface area contributed by atoms with E-state index < -0.39 is 0 Å². The van der Waals surface area contributed by atoms with Crippen LogP contribution in [0.25, 0.3) is 0 Å². The fourth-order valence-electron chi connectivity index (χ4n) is 0.912. The van der Waals surface area contributed by atoms with Gasteiger partial charge in [0.2, 0.25) is 0 Å². The molecule has 0 N–H and O–H groups in total. The number of allylic oxidation sites excluding steroid dienone is 3. The van der Waals surface area contributed by atoms with E-state index in [1.54, 1.807) is 18.0 Å². The molecule has 0 radical (unpaired) electrons. The predicted octanol–water partition coefficient (Wildman–Crippen LogP) is 4.15. The molecule has 0 aromatic heterocycles. The molecule has 13 heavy (non-hydrogen) atoms. The molecule has 0 saturated heterocycles. The Morgan fingerprint density at radius 1 is 1.46 bits per heavy atom. The largest absolute Gasteiger partial charge is 0.250 e. The second kappa shape index (κ2) is 6.72. The van der Waals surface area contributed by atoms with E-state index in [0.717, 1.165) is 5.04 Å². The number of hydrogen-bond donors (Lipinski definition) is 0. The molecule has 1 rings (SSSR count). The third-order valence-corrected chi connectivity index (χ3v) is 2.36. The van der Waals surface area contributed by atoms with Gasteiger partial charge < -0.3 is 0 Å². The van der Waals surface area contributed by atoms with Crippen LogP contribution in [0, 0.1) is 0 Å². The Bertz CT molecular complexity index is 259. The molecular weight excluding hydrogens is 178 g/mol. The molecule has 0 amide bonds. The monoisotopic (exact) mass is 195 g/mol. The summed E-state index contributed by atoms with van der Waals surface area (Å²) in [6.45, 7) is 11.7. The Kier molecular flexibility index (Phi) is 6.33. The summed E-state index contributed by atoms with van der Waals surface area (Å²) >= 11 is 1.69. The van der Waals surface area contributed by atoms with Gasteiger partial charge in [0, 0.05) is 11.8 Å². The second-order valence-electron chi connectivity index (χ2n) is 2.22. The maximum Gasteiger partial charge on any atom is 0.107 e. The number of thioether (sulfide) groups is 1. The molecule has 0 saturated carbocycles. The van der Waals surface area contributed by atoms with Crippen molar-refractivity contribution in [2.24, 2.45) is 4.99 Å². The highest BCUT2D eigenvalue weighted by Crippen LogP contribution is 2.30. The fourth-order valence-corrected chi connectivity index (χ4v) is 1.82. The van der Waals surface area contributed by atoms with E-state index >= 15 is 0 Å². The van der Waals surface area contributed by atoms with Gasteiger partial charge >= 0.3 is 0 Å². The summed E-state index contributed by atoms with van der Waals surface area (Å²) in [6, 6.07) is 0. The Morgan fingerprint density at radius 3 is 2.54 bits per heavy atom. The van der Waals surface area contributed by atoms with Crippen molar-refractivity contribution in [1.82, 2.24) is 0 Å². The summed E-state index contributed by atoms with van der Waals surface area (Å²) < 4.78 is 0. The summed E-state index contributed by atoms with van der Waals surface area (Å²) in [4.78, 5) is 5.44. The van der Waals surface area contributed by atoms with Gasteiger partial charge in [0.05, 0.1) is 0 Å². The van der Waals surface area contributed by atoms with Gasteiger partial charge in [-0.3, -0.25) is 0 Å². The van der Waals surface area contributed by atoms with Gasteiger partial charge in [0.15, 0.2) is 0 Å². The average molecular weight is 195 g/mol. The Labute approximate surface area is 85.3 Å². The standard InChI is InChI=1S/C9H11NS.C2H6/c1-4-8-6-7(3)11-9(8)10-5-2;1-2/h4-6H,2H2,1,3H3;1-2H3/b8-4-,10-9?;. The summed E-state index contributed by atoms with van der Waals surface area (Å²) in [5.74, 6) is 0. The first-order valence-corrected chi connectivity index (χ1v) is 5.31. The lowest BCUT2D eigenvalue weighted by Crippen LogP contribution is -1.86. The van der Waals surface area contributed by atoms with Gasteiger partial charge in [-0.2, -0.15) is 0 Å². The van der Waals surface area contributed by atoms with E-state index in [9.17, 15) is 0 Å². The fraction of sp³-hybridized carbons (Fsp3) is 0.364. The minimum Gasteiger partial charge on any atom is -0.250 e. The van der Waals surface area contributed by atoms with Gasteiger partial charge in [0.1, 0.15) is 5.04 Å². The highest BCUT2D eigenvalue weighted by atomic mass is 32.2. The van der Waals surface area contributed by atoms with Crippen molar-refractivity contribution in [3.05, 3.63) is 35.4 Å². The molecule has 1 aliphatic rings. The SMILES string of the molecule is C=CN=C1SC(C)=C/C1=C/C.CC. The quantitative estimate of drug-likeness (QED) is 0.612. The van der Waals surface area contributed by atoms with Crippen LogP contribution >= 0.6 is 11.8 Å². The zero-order chi connectivity index (χ0) is 10.3. The number of aliphatic imine (C=N–C) groups is 1. The van der Waals surface area contributed by atoms with E-state index in [-0.39, 0.29) is 0 Å². The summed E-state index contributed by atoms with van der Waals surface area (Å²) in [7, 11) is 0. The minimum atomic E-state index is 1.06. The number of nitrogens with zero attached hydrogens (tertiary/aromatic N) is 1. The molecule has 1 nitrogen and oxygen atoms in total. The zero-order valence-corrected chi connectivity index (χ0v) is 9.61. The molecule has 0 aromatic rings. The van der Waals surface area contributed by atoms with Crippen molar-refractivity contribution < 1.29 is 0 Å². The molecule has 0 unspecified atom stereocenters. The minimum absolute atomic E-state index is 1.06. The van der Waals surface area contributed by atoms with Gasteiger partial charge in [-0.1, -0.05) is 38.3 Å². The van der Waals surface area contributed by atoms with Gasteiger partial charge in [-0.25, -0.2) is 4.99 Å². The lowest BCUT2D eigenvalue weighted by molar-refractivity contribution is 1.50. The van der Waals surface area contributed by atoms with Crippen molar-refractivity contribution in [1.29, 1.82) is 0 Å². The molecule has 0 fully saturated rings. The van der Waals surface area contributed by atoms with Crippen molar-refractivity contribution in [3.63, 3.8) is 0 Å². The number of rotatable bonds is 1. The second-order valence-corrected chi connectivity index (χ2v) is 3.45. The first kappa shape index (κ1) is 12.2. The van der Waals surface area contributed by atoms with Crippen molar-refractivity contribution in [2.75, 3.05) is 0 Å². The van der Waals surface area contributed by atoms with E-state index in [1.807, 2.05) is 20.8 Å². The molecule has 0 bridgehead atoms. The smallest absolute Gasteiger partial charge is 0.107 e. The summed E-state index contributed by atoms with van der Waals surface area (Å²) in [6.07, 6.45) is 5.77. The van der Waals surface area contributed by atoms with Crippen LogP contribution in [0.4, 0.5) is 0 Å². The van der Waals surface area contributed by atoms with Crippen LogP contribution in [0.15, 0.2) is 40.4 Å². The first-order chi connectivity index (χ1) is 6.27. The van der Waals surface area contributed by atoms with Crippen LogP contribution in [0.5, 0.6) is 0 Å². The van der Waals surface area contributed by atoms with E-state index in [1.165, 1.54) is 10.5 Å². The Balaban J connectivity index is 0.000000671. The first-order valence-electron chi connectivity index (χ1n) is 4.49. The van der Waals surface area contributed by atoms with Crippen LogP contribution < -0.4 is 0 Å². The van der Waals surface area contributed by atoms with Crippen LogP contribution in [0.1, 0.15) is 27.7 Å². The Hall–Kier alpha value is -0.760. The third-order valence-electron chi connectivity index (χ3n) is 1.38. The van der Waals surface area contributed by atoms with Gasteiger partial charge in [-0.15, -0.1) is 0 Å². The molecule has 0 atom stereocenters. The zero-order valence-electron chi connectivity index (χ0n) is 8.79. The molecule has 2 heteroatoms.